The zero-order valence-corrected chi connectivity index (χ0v) is 13.7. The van der Waals surface area contributed by atoms with Crippen molar-refractivity contribution in [2.45, 2.75) is 77.2 Å². The van der Waals surface area contributed by atoms with Gasteiger partial charge in [-0.15, -0.1) is 0 Å². The molecule has 2 aliphatic carbocycles. The first kappa shape index (κ1) is 17.0. The van der Waals surface area contributed by atoms with Gasteiger partial charge < -0.3 is 4.74 Å². The van der Waals surface area contributed by atoms with E-state index in [1.807, 2.05) is 6.08 Å². The molecule has 122 valence electrons. The summed E-state index contributed by atoms with van der Waals surface area (Å²) in [6, 6.07) is 0. The Morgan fingerprint density at radius 2 is 1.52 bits per heavy atom. The highest BCUT2D eigenvalue weighted by Crippen LogP contribution is 2.41. The Hall–Kier alpha value is -0.370. The maximum Gasteiger partial charge on any atom is 0.108 e. The lowest BCUT2D eigenvalue weighted by Crippen LogP contribution is -2.28. The molecule has 0 spiro atoms. The molecule has 0 aliphatic heterocycles. The summed E-state index contributed by atoms with van der Waals surface area (Å²) in [5.74, 6) is 2.72. The van der Waals surface area contributed by atoms with Crippen LogP contribution in [0, 0.1) is 17.8 Å². The van der Waals surface area contributed by atoms with Gasteiger partial charge in [0.15, 0.2) is 0 Å². The molecular formula is C19H33FO. The summed E-state index contributed by atoms with van der Waals surface area (Å²) >= 11 is 0. The lowest BCUT2D eigenvalue weighted by molar-refractivity contribution is 0.00744. The summed E-state index contributed by atoms with van der Waals surface area (Å²) in [6.45, 7) is 2.82. The number of ether oxygens (including phenoxy) is 1. The largest absolute Gasteiger partial charge is 0.378 e. The lowest BCUT2D eigenvalue weighted by atomic mass is 9.70. The maximum atomic E-state index is 12.1. The van der Waals surface area contributed by atoms with Crippen LogP contribution in [0.5, 0.6) is 0 Å². The number of alkyl halides is 1. The molecular weight excluding hydrogens is 263 g/mol. The Kier molecular flexibility index (Phi) is 7.77. The number of hydrogen-bond acceptors (Lipinski definition) is 1. The fourth-order valence-electron chi connectivity index (χ4n) is 4.26. The van der Waals surface area contributed by atoms with Gasteiger partial charge in [-0.05, 0) is 82.0 Å². The second-order valence-electron chi connectivity index (χ2n) is 7.05. The zero-order valence-electron chi connectivity index (χ0n) is 13.7. The third-order valence-electron chi connectivity index (χ3n) is 5.56. The Morgan fingerprint density at radius 1 is 0.905 bits per heavy atom. The third kappa shape index (κ3) is 5.73. The molecule has 0 aromatic rings. The van der Waals surface area contributed by atoms with E-state index < -0.39 is 0 Å². The molecule has 2 saturated carbocycles. The van der Waals surface area contributed by atoms with Crippen LogP contribution >= 0.6 is 0 Å². The average Bonchev–Trinajstić information content (AvgIpc) is 2.54. The van der Waals surface area contributed by atoms with Gasteiger partial charge >= 0.3 is 0 Å². The Bertz CT molecular complexity index is 286. The Morgan fingerprint density at radius 3 is 2.10 bits per heavy atom. The molecule has 0 unspecified atom stereocenters. The molecule has 2 fully saturated rings. The smallest absolute Gasteiger partial charge is 0.108 e. The molecule has 21 heavy (non-hydrogen) atoms. The van der Waals surface area contributed by atoms with Crippen molar-refractivity contribution in [3.63, 3.8) is 0 Å². The molecule has 0 radical (unpaired) electrons. The molecule has 2 rings (SSSR count). The van der Waals surface area contributed by atoms with Gasteiger partial charge in [-0.2, -0.15) is 0 Å². The molecule has 0 bridgehead atoms. The van der Waals surface area contributed by atoms with Gasteiger partial charge in [0, 0.05) is 6.61 Å². The first-order valence-electron chi connectivity index (χ1n) is 9.16. The summed E-state index contributed by atoms with van der Waals surface area (Å²) < 4.78 is 18.0. The number of halogens is 1. The van der Waals surface area contributed by atoms with Crippen LogP contribution in [0.4, 0.5) is 4.39 Å². The second kappa shape index (κ2) is 9.61. The molecule has 0 heterocycles. The van der Waals surface area contributed by atoms with Gasteiger partial charge in [0.05, 0.1) is 6.10 Å². The van der Waals surface area contributed by atoms with Crippen LogP contribution < -0.4 is 0 Å². The van der Waals surface area contributed by atoms with E-state index in [0.717, 1.165) is 37.2 Å². The van der Waals surface area contributed by atoms with Gasteiger partial charge in [-0.1, -0.05) is 19.1 Å². The molecule has 0 N–H and O–H groups in total. The topological polar surface area (TPSA) is 9.23 Å². The molecule has 0 amide bonds. The van der Waals surface area contributed by atoms with E-state index in [2.05, 4.69) is 6.92 Å². The van der Waals surface area contributed by atoms with E-state index in [-0.39, 0.29) is 6.67 Å². The van der Waals surface area contributed by atoms with Crippen LogP contribution in [0.2, 0.25) is 0 Å². The minimum Gasteiger partial charge on any atom is -0.378 e. The minimum atomic E-state index is -0.307. The van der Waals surface area contributed by atoms with Crippen LogP contribution in [-0.2, 0) is 4.74 Å². The van der Waals surface area contributed by atoms with Crippen molar-refractivity contribution in [2.75, 3.05) is 13.3 Å². The molecule has 0 aromatic carbocycles. The summed E-state index contributed by atoms with van der Waals surface area (Å²) in [5, 5.41) is 0. The van der Waals surface area contributed by atoms with Crippen molar-refractivity contribution in [3.05, 3.63) is 12.2 Å². The van der Waals surface area contributed by atoms with Crippen molar-refractivity contribution in [1.29, 1.82) is 0 Å². The fraction of sp³-hybridized carbons (Fsp3) is 0.895. The predicted molar refractivity (Wildman–Crippen MR) is 87.2 cm³/mol. The Balaban J connectivity index is 1.63. The normalized spacial score (nSPS) is 34.4. The van der Waals surface area contributed by atoms with Crippen LogP contribution in [-0.4, -0.2) is 19.4 Å². The van der Waals surface area contributed by atoms with Gasteiger partial charge in [0.1, 0.15) is 6.67 Å². The van der Waals surface area contributed by atoms with E-state index in [1.54, 1.807) is 6.08 Å². The first-order chi connectivity index (χ1) is 10.3. The van der Waals surface area contributed by atoms with Crippen LogP contribution in [0.1, 0.15) is 71.1 Å². The summed E-state index contributed by atoms with van der Waals surface area (Å²) in [5.41, 5.74) is 0. The first-order valence-corrected chi connectivity index (χ1v) is 9.16. The second-order valence-corrected chi connectivity index (χ2v) is 7.05. The van der Waals surface area contributed by atoms with E-state index in [4.69, 9.17) is 4.74 Å². The minimum absolute atomic E-state index is 0.307. The number of rotatable bonds is 7. The van der Waals surface area contributed by atoms with E-state index in [1.165, 1.54) is 51.4 Å². The monoisotopic (exact) mass is 296 g/mol. The van der Waals surface area contributed by atoms with Gasteiger partial charge in [0.2, 0.25) is 0 Å². The standard InChI is InChI=1S/C19H33FO/c1-2-15-21-19-12-10-18(11-13-19)17-8-6-16(7-9-17)5-3-4-14-20/h3-4,16-19H,2,5-15H2,1H3/b4-3+. The molecule has 0 saturated heterocycles. The highest BCUT2D eigenvalue weighted by Gasteiger charge is 2.30. The van der Waals surface area contributed by atoms with Gasteiger partial charge in [-0.3, -0.25) is 0 Å². The molecule has 0 atom stereocenters. The van der Waals surface area contributed by atoms with Crippen molar-refractivity contribution in [1.82, 2.24) is 0 Å². The van der Waals surface area contributed by atoms with Gasteiger partial charge in [-0.25, -0.2) is 4.39 Å². The highest BCUT2D eigenvalue weighted by atomic mass is 19.1. The number of hydrogen-bond donors (Lipinski definition) is 0. The zero-order chi connectivity index (χ0) is 14.9. The summed E-state index contributed by atoms with van der Waals surface area (Å²) in [7, 11) is 0. The highest BCUT2D eigenvalue weighted by molar-refractivity contribution is 4.87. The quantitative estimate of drug-likeness (QED) is 0.548. The van der Waals surface area contributed by atoms with Crippen molar-refractivity contribution in [3.8, 4) is 0 Å². The van der Waals surface area contributed by atoms with E-state index in [9.17, 15) is 4.39 Å². The summed E-state index contributed by atoms with van der Waals surface area (Å²) in [6.07, 6.45) is 17.3. The van der Waals surface area contributed by atoms with E-state index in [0.29, 0.717) is 6.10 Å². The third-order valence-corrected chi connectivity index (χ3v) is 5.56. The molecule has 2 heteroatoms. The maximum absolute atomic E-state index is 12.1. The molecule has 1 nitrogen and oxygen atoms in total. The predicted octanol–water partition coefficient (Wildman–Crippen LogP) is 5.69. The Labute approximate surface area is 130 Å². The van der Waals surface area contributed by atoms with Gasteiger partial charge in [0.25, 0.3) is 0 Å². The number of allylic oxidation sites excluding steroid dienone is 2. The molecule has 2 aliphatic rings. The van der Waals surface area contributed by atoms with Crippen LogP contribution in [0.3, 0.4) is 0 Å². The van der Waals surface area contributed by atoms with Crippen LogP contribution in [0.15, 0.2) is 12.2 Å². The van der Waals surface area contributed by atoms with Crippen molar-refractivity contribution < 1.29 is 9.13 Å². The SMILES string of the molecule is CCCOC1CCC(C2CCC(C/C=C/CF)CC2)CC1. The molecule has 0 aromatic heterocycles. The average molecular weight is 296 g/mol. The van der Waals surface area contributed by atoms with E-state index >= 15 is 0 Å². The van der Waals surface area contributed by atoms with Crippen LogP contribution in [0.25, 0.3) is 0 Å². The van der Waals surface area contributed by atoms with Crippen molar-refractivity contribution in [2.24, 2.45) is 17.8 Å². The van der Waals surface area contributed by atoms with Crippen molar-refractivity contribution >= 4 is 0 Å². The lowest BCUT2D eigenvalue weighted by Gasteiger charge is -2.37. The summed E-state index contributed by atoms with van der Waals surface area (Å²) in [4.78, 5) is 0. The fourth-order valence-corrected chi connectivity index (χ4v) is 4.26.